The highest BCUT2D eigenvalue weighted by Crippen LogP contribution is 2.16. The van der Waals surface area contributed by atoms with E-state index in [1.807, 2.05) is 12.1 Å². The molecule has 0 aliphatic carbocycles. The maximum atomic E-state index is 12.2. The Morgan fingerprint density at radius 1 is 1.05 bits per heavy atom. The van der Waals surface area contributed by atoms with Crippen molar-refractivity contribution in [3.8, 4) is 0 Å². The van der Waals surface area contributed by atoms with E-state index in [0.717, 1.165) is 24.8 Å². The summed E-state index contributed by atoms with van der Waals surface area (Å²) in [5.41, 5.74) is 1.67. The van der Waals surface area contributed by atoms with Gasteiger partial charge in [-0.15, -0.1) is 0 Å². The summed E-state index contributed by atoms with van der Waals surface area (Å²) >= 11 is 0. The van der Waals surface area contributed by atoms with Crippen molar-refractivity contribution in [3.63, 3.8) is 0 Å². The molecule has 1 aromatic carbocycles. The summed E-state index contributed by atoms with van der Waals surface area (Å²) in [4.78, 5) is 4.13. The molecule has 5 heteroatoms. The number of sulfonamides is 1. The van der Waals surface area contributed by atoms with Gasteiger partial charge in [-0.05, 0) is 42.7 Å². The third kappa shape index (κ3) is 3.81. The lowest BCUT2D eigenvalue weighted by Gasteiger charge is -2.08. The quantitative estimate of drug-likeness (QED) is 0.888. The van der Waals surface area contributed by atoms with Crippen LogP contribution in [0, 0.1) is 0 Å². The van der Waals surface area contributed by atoms with Crippen molar-refractivity contribution in [2.45, 2.75) is 31.1 Å². The summed E-state index contributed by atoms with van der Waals surface area (Å²) in [6.07, 6.45) is 6.32. The van der Waals surface area contributed by atoms with Crippen LogP contribution >= 0.6 is 0 Å². The molecule has 1 heterocycles. The van der Waals surface area contributed by atoms with Crippen molar-refractivity contribution in [2.24, 2.45) is 0 Å². The van der Waals surface area contributed by atoms with Gasteiger partial charge in [0.25, 0.3) is 10.0 Å². The molecule has 0 spiro atoms. The summed E-state index contributed by atoms with van der Waals surface area (Å²) in [7, 11) is -3.53. The van der Waals surface area contributed by atoms with Crippen LogP contribution < -0.4 is 4.72 Å². The average Bonchev–Trinajstić information content (AvgIpc) is 2.46. The minimum absolute atomic E-state index is 0.273. The number of anilines is 1. The fraction of sp³-hybridized carbons (Fsp3) is 0.267. The summed E-state index contributed by atoms with van der Waals surface area (Å²) in [5.74, 6) is 0. The average molecular weight is 290 g/mol. The molecular weight excluding hydrogens is 272 g/mol. The summed E-state index contributed by atoms with van der Waals surface area (Å²) in [5, 5.41) is 0. The zero-order valence-corrected chi connectivity index (χ0v) is 12.2. The van der Waals surface area contributed by atoms with Crippen molar-refractivity contribution < 1.29 is 8.42 Å². The first-order valence-electron chi connectivity index (χ1n) is 6.63. The Kier molecular flexibility index (Phi) is 4.74. The Bertz CT molecular complexity index is 637. The molecule has 0 bridgehead atoms. The van der Waals surface area contributed by atoms with Crippen LogP contribution in [0.1, 0.15) is 25.3 Å². The number of pyridine rings is 1. The van der Waals surface area contributed by atoms with Gasteiger partial charge in [-0.2, -0.15) is 0 Å². The fourth-order valence-corrected chi connectivity index (χ4v) is 2.91. The molecule has 0 unspecified atom stereocenters. The van der Waals surface area contributed by atoms with E-state index in [9.17, 15) is 8.42 Å². The second-order valence-electron chi connectivity index (χ2n) is 4.59. The van der Waals surface area contributed by atoms with Crippen molar-refractivity contribution in [2.75, 3.05) is 4.72 Å². The van der Waals surface area contributed by atoms with Gasteiger partial charge in [-0.25, -0.2) is 8.42 Å². The Morgan fingerprint density at radius 2 is 1.70 bits per heavy atom. The zero-order valence-electron chi connectivity index (χ0n) is 11.4. The predicted molar refractivity (Wildman–Crippen MR) is 80.1 cm³/mol. The molecule has 0 atom stereocenters. The lowest BCUT2D eigenvalue weighted by molar-refractivity contribution is 0.601. The number of nitrogens with zero attached hydrogens (tertiary/aromatic N) is 1. The molecule has 0 saturated carbocycles. The molecule has 0 aliphatic heterocycles. The topological polar surface area (TPSA) is 59.1 Å². The van der Waals surface area contributed by atoms with Crippen LogP contribution in [-0.4, -0.2) is 13.4 Å². The summed E-state index contributed by atoms with van der Waals surface area (Å²) in [6.45, 7) is 2.14. The van der Waals surface area contributed by atoms with E-state index in [1.54, 1.807) is 36.7 Å². The largest absolute Gasteiger partial charge is 0.280 e. The van der Waals surface area contributed by atoms with E-state index in [2.05, 4.69) is 16.6 Å². The monoisotopic (exact) mass is 290 g/mol. The van der Waals surface area contributed by atoms with E-state index in [0.29, 0.717) is 5.69 Å². The second-order valence-corrected chi connectivity index (χ2v) is 6.27. The van der Waals surface area contributed by atoms with E-state index in [-0.39, 0.29) is 4.90 Å². The van der Waals surface area contributed by atoms with Crippen LogP contribution in [0.2, 0.25) is 0 Å². The van der Waals surface area contributed by atoms with E-state index in [4.69, 9.17) is 0 Å². The van der Waals surface area contributed by atoms with Gasteiger partial charge in [-0.1, -0.05) is 25.5 Å². The Labute approximate surface area is 119 Å². The molecule has 1 aromatic heterocycles. The van der Waals surface area contributed by atoms with Gasteiger partial charge in [0, 0.05) is 12.4 Å². The number of unbranched alkanes of at least 4 members (excludes halogenated alkanes) is 1. The van der Waals surface area contributed by atoms with Gasteiger partial charge in [-0.3, -0.25) is 9.71 Å². The van der Waals surface area contributed by atoms with Crippen molar-refractivity contribution in [1.29, 1.82) is 0 Å². The van der Waals surface area contributed by atoms with Crippen molar-refractivity contribution in [3.05, 3.63) is 54.4 Å². The molecular formula is C15H18N2O2S. The molecule has 2 rings (SSSR count). The number of benzene rings is 1. The molecule has 4 nitrogen and oxygen atoms in total. The molecule has 0 saturated heterocycles. The first-order valence-corrected chi connectivity index (χ1v) is 8.12. The maximum absolute atomic E-state index is 12.2. The molecule has 106 valence electrons. The molecule has 0 fully saturated rings. The van der Waals surface area contributed by atoms with E-state index in [1.165, 1.54) is 0 Å². The third-order valence-corrected chi connectivity index (χ3v) is 4.38. The van der Waals surface area contributed by atoms with Gasteiger partial charge >= 0.3 is 0 Å². The SMILES string of the molecule is CCCCc1ccc(S(=O)(=O)Nc2ccncc2)cc1. The molecule has 20 heavy (non-hydrogen) atoms. The standard InChI is InChI=1S/C15H18N2O2S/c1-2-3-4-13-5-7-15(8-6-13)20(18,19)17-14-9-11-16-12-10-14/h5-12H,2-4H2,1H3,(H,16,17). The van der Waals surface area contributed by atoms with Crippen LogP contribution in [0.15, 0.2) is 53.7 Å². The Balaban J connectivity index is 2.13. The van der Waals surface area contributed by atoms with Crippen molar-refractivity contribution >= 4 is 15.7 Å². The van der Waals surface area contributed by atoms with Gasteiger partial charge in [0.1, 0.15) is 0 Å². The highest BCUT2D eigenvalue weighted by molar-refractivity contribution is 7.92. The van der Waals surface area contributed by atoms with Gasteiger partial charge in [0.05, 0.1) is 10.6 Å². The van der Waals surface area contributed by atoms with Crippen molar-refractivity contribution in [1.82, 2.24) is 4.98 Å². The Hall–Kier alpha value is -1.88. The number of aromatic nitrogens is 1. The summed E-state index contributed by atoms with van der Waals surface area (Å²) < 4.78 is 26.9. The van der Waals surface area contributed by atoms with Gasteiger partial charge < -0.3 is 0 Å². The fourth-order valence-electron chi connectivity index (χ4n) is 1.85. The highest BCUT2D eigenvalue weighted by atomic mass is 32.2. The van der Waals surface area contributed by atoms with E-state index < -0.39 is 10.0 Å². The molecule has 0 amide bonds. The molecule has 2 aromatic rings. The molecule has 0 aliphatic rings. The number of hydrogen-bond acceptors (Lipinski definition) is 3. The minimum Gasteiger partial charge on any atom is -0.280 e. The minimum atomic E-state index is -3.53. The highest BCUT2D eigenvalue weighted by Gasteiger charge is 2.13. The number of hydrogen-bond donors (Lipinski definition) is 1. The zero-order chi connectivity index (χ0) is 14.4. The third-order valence-electron chi connectivity index (χ3n) is 2.99. The summed E-state index contributed by atoms with van der Waals surface area (Å²) in [6, 6.07) is 10.3. The van der Waals surface area contributed by atoms with Gasteiger partial charge in [0.15, 0.2) is 0 Å². The predicted octanol–water partition coefficient (Wildman–Crippen LogP) is 3.23. The van der Waals surface area contributed by atoms with Crippen LogP contribution in [0.5, 0.6) is 0 Å². The van der Waals surface area contributed by atoms with Crippen LogP contribution in [0.3, 0.4) is 0 Å². The van der Waals surface area contributed by atoms with Crippen LogP contribution in [0.25, 0.3) is 0 Å². The lowest BCUT2D eigenvalue weighted by Crippen LogP contribution is -2.12. The molecule has 0 radical (unpaired) electrons. The second kappa shape index (κ2) is 6.52. The number of nitrogens with one attached hydrogen (secondary N) is 1. The first kappa shape index (κ1) is 14.5. The van der Waals surface area contributed by atoms with E-state index >= 15 is 0 Å². The Morgan fingerprint density at radius 3 is 2.30 bits per heavy atom. The smallest absolute Gasteiger partial charge is 0.261 e. The normalized spacial score (nSPS) is 11.2. The van der Waals surface area contributed by atoms with Crippen LogP contribution in [-0.2, 0) is 16.4 Å². The number of rotatable bonds is 6. The number of aryl methyl sites for hydroxylation is 1. The van der Waals surface area contributed by atoms with Crippen LogP contribution in [0.4, 0.5) is 5.69 Å². The maximum Gasteiger partial charge on any atom is 0.261 e. The first-order chi connectivity index (χ1) is 9.62. The lowest BCUT2D eigenvalue weighted by atomic mass is 10.1. The molecule has 1 N–H and O–H groups in total. The van der Waals surface area contributed by atoms with Gasteiger partial charge in [0.2, 0.25) is 0 Å².